The molecule has 0 saturated carbocycles. The monoisotopic (exact) mass is 600 g/mol. The lowest BCUT2D eigenvalue weighted by Crippen LogP contribution is -2.53. The number of aliphatic carboxylic acids is 1. The molecule has 232 valence electrons. The fourth-order valence-electron chi connectivity index (χ4n) is 3.47. The number of imide groups is 1. The molecule has 0 saturated heterocycles. The number of hydrogen-bond donors (Lipinski definition) is 4. The molecule has 42 heavy (non-hydrogen) atoms. The van der Waals surface area contributed by atoms with Crippen LogP contribution >= 0.6 is 0 Å². The van der Waals surface area contributed by atoms with Gasteiger partial charge in [0.15, 0.2) is 0 Å². The summed E-state index contributed by atoms with van der Waals surface area (Å²) in [6.45, 7) is 3.22. The summed E-state index contributed by atoms with van der Waals surface area (Å²) in [5.74, 6) is -9.11. The van der Waals surface area contributed by atoms with E-state index in [9.17, 15) is 47.2 Å². The molecule has 1 aromatic carbocycles. The zero-order chi connectivity index (χ0) is 32.1. The Hall–Kier alpha value is -4.27. The van der Waals surface area contributed by atoms with Crippen LogP contribution in [0.15, 0.2) is 42.5 Å². The summed E-state index contributed by atoms with van der Waals surface area (Å²) in [6, 6.07) is 6.83. The standard InChI is InChI=1S/C21H26N4O6.C6H9F3O2/c22-13-17(26)23-16(12-14-6-2-1-3-7-14)20(29)24-15(21(30)31)8-4-5-11-25-18(27)9-10-19(25)28;1-5(2,3)6(7,8)4(10)11-9/h1-3,6-7,9-10,15-16H,4-5,8,11-13,22H2,(H,23,26)(H,24,29)(H,30,31);1-3H3/t15-,16-;/m0./s1. The number of alkyl halides is 2. The van der Waals surface area contributed by atoms with Gasteiger partial charge in [-0.25, -0.2) is 14.5 Å². The number of carbonyl (C=O) groups is 6. The van der Waals surface area contributed by atoms with E-state index in [1.165, 1.54) is 12.2 Å². The van der Waals surface area contributed by atoms with Crippen molar-refractivity contribution in [3.63, 3.8) is 0 Å². The third kappa shape index (κ3) is 11.0. The first-order chi connectivity index (χ1) is 19.5. The van der Waals surface area contributed by atoms with Crippen LogP contribution < -0.4 is 16.4 Å². The number of amides is 4. The van der Waals surface area contributed by atoms with E-state index in [2.05, 4.69) is 15.6 Å². The highest BCUT2D eigenvalue weighted by Crippen LogP contribution is 2.36. The summed E-state index contributed by atoms with van der Waals surface area (Å²) in [7, 11) is 0. The van der Waals surface area contributed by atoms with Crippen molar-refractivity contribution < 1.29 is 52.1 Å². The van der Waals surface area contributed by atoms with Crippen LogP contribution in [0, 0.1) is 5.41 Å². The maximum absolute atomic E-state index is 12.7. The third-order valence-corrected chi connectivity index (χ3v) is 6.03. The number of carbonyl (C=O) groups excluding carboxylic acids is 5. The van der Waals surface area contributed by atoms with Crippen LogP contribution in [0.2, 0.25) is 0 Å². The van der Waals surface area contributed by atoms with Gasteiger partial charge in [0, 0.05) is 35.1 Å². The Balaban J connectivity index is 0.000000679. The Morgan fingerprint density at radius 1 is 0.976 bits per heavy atom. The molecule has 0 aliphatic carbocycles. The molecule has 0 aromatic heterocycles. The first kappa shape index (κ1) is 35.8. The summed E-state index contributed by atoms with van der Waals surface area (Å²) < 4.78 is 36.3. The Morgan fingerprint density at radius 3 is 2.00 bits per heavy atom. The minimum Gasteiger partial charge on any atom is -0.480 e. The smallest absolute Gasteiger partial charge is 0.418 e. The molecule has 12 nitrogen and oxygen atoms in total. The fourth-order valence-corrected chi connectivity index (χ4v) is 3.47. The third-order valence-electron chi connectivity index (χ3n) is 6.03. The fraction of sp³-hybridized carbons (Fsp3) is 0.481. The molecular weight excluding hydrogens is 565 g/mol. The SMILES string of the molecule is CC(C)(C)C(F)(F)C(=O)OF.NCC(=O)N[C@@H](Cc1ccccc1)C(=O)N[C@@H](CCCCN1C(=O)C=CC1=O)C(=O)O. The number of carboxylic acid groups (broad SMARTS) is 1. The van der Waals surface area contributed by atoms with E-state index in [4.69, 9.17) is 5.73 Å². The molecule has 4 amide bonds. The largest absolute Gasteiger partial charge is 0.480 e. The average molecular weight is 601 g/mol. The highest BCUT2D eigenvalue weighted by molar-refractivity contribution is 6.12. The van der Waals surface area contributed by atoms with Gasteiger partial charge in [-0.3, -0.25) is 24.1 Å². The Morgan fingerprint density at radius 2 is 1.55 bits per heavy atom. The van der Waals surface area contributed by atoms with Crippen molar-refractivity contribution in [1.82, 2.24) is 15.5 Å². The van der Waals surface area contributed by atoms with Crippen LogP contribution in [-0.4, -0.2) is 76.7 Å². The first-order valence-corrected chi connectivity index (χ1v) is 12.9. The van der Waals surface area contributed by atoms with Crippen LogP contribution in [-0.2, 0) is 40.1 Å². The molecule has 0 fully saturated rings. The second kappa shape index (κ2) is 16.2. The number of rotatable bonds is 13. The molecular formula is C27H35F3N4O8. The van der Waals surface area contributed by atoms with Gasteiger partial charge in [-0.2, -0.15) is 8.78 Å². The van der Waals surface area contributed by atoms with Gasteiger partial charge in [0.25, 0.3) is 11.8 Å². The van der Waals surface area contributed by atoms with Crippen LogP contribution in [0.1, 0.15) is 45.6 Å². The van der Waals surface area contributed by atoms with Crippen molar-refractivity contribution in [3.8, 4) is 0 Å². The van der Waals surface area contributed by atoms with Crippen LogP contribution in [0.5, 0.6) is 0 Å². The normalized spacial score (nSPS) is 14.4. The lowest BCUT2D eigenvalue weighted by atomic mass is 9.88. The van der Waals surface area contributed by atoms with Gasteiger partial charge in [-0.05, 0) is 24.8 Å². The predicted molar refractivity (Wildman–Crippen MR) is 142 cm³/mol. The van der Waals surface area contributed by atoms with E-state index in [0.29, 0.717) is 12.8 Å². The second-order valence-corrected chi connectivity index (χ2v) is 10.3. The Bertz CT molecular complexity index is 1140. The van der Waals surface area contributed by atoms with E-state index >= 15 is 0 Å². The lowest BCUT2D eigenvalue weighted by Gasteiger charge is -2.25. The number of halogens is 3. The molecule has 1 aromatic rings. The van der Waals surface area contributed by atoms with Crippen LogP contribution in [0.3, 0.4) is 0 Å². The van der Waals surface area contributed by atoms with Crippen molar-refractivity contribution in [3.05, 3.63) is 48.0 Å². The van der Waals surface area contributed by atoms with E-state index < -0.39 is 59.0 Å². The van der Waals surface area contributed by atoms with Gasteiger partial charge < -0.3 is 21.5 Å². The summed E-state index contributed by atoms with van der Waals surface area (Å²) in [5, 5.41) is 14.4. The van der Waals surface area contributed by atoms with E-state index in [0.717, 1.165) is 31.2 Å². The van der Waals surface area contributed by atoms with E-state index in [1.807, 2.05) is 6.07 Å². The number of unbranched alkanes of at least 4 members (excludes halogenated alkanes) is 1. The summed E-state index contributed by atoms with van der Waals surface area (Å²) in [5.41, 5.74) is 4.48. The molecule has 0 unspecified atom stereocenters. The molecule has 0 radical (unpaired) electrons. The Labute approximate surface area is 240 Å². The highest BCUT2D eigenvalue weighted by Gasteiger charge is 2.52. The van der Waals surface area contributed by atoms with Crippen molar-refractivity contribution in [2.45, 2.75) is 64.5 Å². The molecule has 1 heterocycles. The minimum absolute atomic E-state index is 0.105. The molecule has 0 bridgehead atoms. The predicted octanol–water partition coefficient (Wildman–Crippen LogP) is 1.43. The van der Waals surface area contributed by atoms with Gasteiger partial charge in [0.2, 0.25) is 11.8 Å². The number of nitrogens with two attached hydrogens (primary N) is 1. The molecule has 1 aliphatic heterocycles. The lowest BCUT2D eigenvalue weighted by molar-refractivity contribution is -0.225. The summed E-state index contributed by atoms with van der Waals surface area (Å²) in [4.78, 5) is 72.8. The molecule has 2 rings (SSSR count). The number of nitrogens with zero attached hydrogens (tertiary/aromatic N) is 1. The number of benzene rings is 1. The highest BCUT2D eigenvalue weighted by atomic mass is 19.3. The summed E-state index contributed by atoms with van der Waals surface area (Å²) >= 11 is 0. The van der Waals surface area contributed by atoms with Gasteiger partial charge >= 0.3 is 17.9 Å². The number of carboxylic acids is 1. The average Bonchev–Trinajstić information content (AvgIpc) is 3.25. The zero-order valence-electron chi connectivity index (χ0n) is 23.4. The van der Waals surface area contributed by atoms with Gasteiger partial charge in [-0.1, -0.05) is 51.1 Å². The van der Waals surface area contributed by atoms with E-state index in [1.54, 1.807) is 24.3 Å². The Kier molecular flexibility index (Phi) is 13.8. The van der Waals surface area contributed by atoms with Crippen molar-refractivity contribution in [2.24, 2.45) is 11.1 Å². The molecule has 2 atom stereocenters. The minimum atomic E-state index is -3.79. The maximum Gasteiger partial charge on any atom is 0.418 e. The molecule has 0 spiro atoms. The van der Waals surface area contributed by atoms with E-state index in [-0.39, 0.29) is 25.9 Å². The van der Waals surface area contributed by atoms with Gasteiger partial charge in [-0.15, -0.1) is 0 Å². The topological polar surface area (TPSA) is 185 Å². The summed E-state index contributed by atoms with van der Waals surface area (Å²) in [6.07, 6.45) is 3.42. The van der Waals surface area contributed by atoms with Crippen LogP contribution in [0.4, 0.5) is 13.3 Å². The van der Waals surface area contributed by atoms with Crippen molar-refractivity contribution in [2.75, 3.05) is 13.1 Å². The maximum atomic E-state index is 12.7. The van der Waals surface area contributed by atoms with Crippen molar-refractivity contribution >= 4 is 35.6 Å². The number of nitrogens with one attached hydrogen (secondary N) is 2. The molecule has 15 heteroatoms. The molecule has 5 N–H and O–H groups in total. The first-order valence-electron chi connectivity index (χ1n) is 12.9. The quantitative estimate of drug-likeness (QED) is 0.192. The van der Waals surface area contributed by atoms with Crippen LogP contribution in [0.25, 0.3) is 0 Å². The number of hydrogen-bond acceptors (Lipinski definition) is 8. The molecule has 1 aliphatic rings. The van der Waals surface area contributed by atoms with Gasteiger partial charge in [0.05, 0.1) is 6.54 Å². The second-order valence-electron chi connectivity index (χ2n) is 10.3. The van der Waals surface area contributed by atoms with Crippen molar-refractivity contribution in [1.29, 1.82) is 0 Å². The van der Waals surface area contributed by atoms with Gasteiger partial charge in [0.1, 0.15) is 12.1 Å². The zero-order valence-corrected chi connectivity index (χ0v) is 23.4.